The van der Waals surface area contributed by atoms with E-state index in [9.17, 15) is 4.79 Å². The van der Waals surface area contributed by atoms with Crippen LogP contribution in [0, 0.1) is 5.92 Å². The molecule has 2 rings (SSSR count). The van der Waals surface area contributed by atoms with Crippen molar-refractivity contribution < 1.29 is 14.3 Å². The Labute approximate surface area is 126 Å². The van der Waals surface area contributed by atoms with Crippen LogP contribution >= 0.6 is 0 Å². The predicted molar refractivity (Wildman–Crippen MR) is 83.5 cm³/mol. The number of methoxy groups -OCH3 is 2. The smallest absolute Gasteiger partial charge is 0.246 e. The number of amides is 1. The van der Waals surface area contributed by atoms with Gasteiger partial charge in [-0.3, -0.25) is 4.79 Å². The second-order valence-corrected chi connectivity index (χ2v) is 5.51. The molecule has 1 unspecified atom stereocenters. The van der Waals surface area contributed by atoms with Crippen molar-refractivity contribution in [2.75, 3.05) is 21.3 Å². The van der Waals surface area contributed by atoms with Gasteiger partial charge in [-0.25, -0.2) is 0 Å². The van der Waals surface area contributed by atoms with Gasteiger partial charge in [0, 0.05) is 25.2 Å². The number of hydrogen-bond donors (Lipinski definition) is 0. The molecule has 4 nitrogen and oxygen atoms in total. The molecule has 0 heterocycles. The van der Waals surface area contributed by atoms with Crippen molar-refractivity contribution in [2.24, 2.45) is 5.92 Å². The average Bonchev–Trinajstić information content (AvgIpc) is 3.35. The largest absolute Gasteiger partial charge is 0.497 e. The lowest BCUT2D eigenvalue weighted by atomic mass is 10.1. The quantitative estimate of drug-likeness (QED) is 0.756. The molecule has 1 fully saturated rings. The average molecular weight is 289 g/mol. The van der Waals surface area contributed by atoms with E-state index in [1.807, 2.05) is 24.1 Å². The van der Waals surface area contributed by atoms with Crippen LogP contribution in [0.1, 0.15) is 25.3 Å². The van der Waals surface area contributed by atoms with Gasteiger partial charge in [0.15, 0.2) is 0 Å². The lowest BCUT2D eigenvalue weighted by Crippen LogP contribution is -2.35. The Bertz CT molecular complexity index is 513. The normalized spacial score (nSPS) is 15.8. The molecule has 0 saturated heterocycles. The van der Waals surface area contributed by atoms with Gasteiger partial charge in [0.2, 0.25) is 5.91 Å². The van der Waals surface area contributed by atoms with E-state index in [1.165, 1.54) is 12.8 Å². The van der Waals surface area contributed by atoms with Crippen molar-refractivity contribution in [2.45, 2.75) is 25.8 Å². The Morgan fingerprint density at radius 2 is 1.81 bits per heavy atom. The highest BCUT2D eigenvalue weighted by Gasteiger charge is 2.31. The zero-order valence-electron chi connectivity index (χ0n) is 13.1. The van der Waals surface area contributed by atoms with E-state index in [-0.39, 0.29) is 5.91 Å². The number of ether oxygens (including phenoxy) is 2. The van der Waals surface area contributed by atoms with Crippen LogP contribution in [-0.4, -0.2) is 38.1 Å². The first kappa shape index (κ1) is 15.4. The summed E-state index contributed by atoms with van der Waals surface area (Å²) in [4.78, 5) is 14.0. The number of carbonyl (C=O) groups is 1. The van der Waals surface area contributed by atoms with E-state index in [0.29, 0.717) is 23.5 Å². The van der Waals surface area contributed by atoms with Crippen molar-refractivity contribution in [1.82, 2.24) is 4.90 Å². The Balaban J connectivity index is 2.07. The monoisotopic (exact) mass is 289 g/mol. The number of rotatable bonds is 6. The number of carbonyl (C=O) groups excluding carboxylic acids is 1. The molecule has 1 amide bonds. The highest BCUT2D eigenvalue weighted by atomic mass is 16.5. The molecule has 1 aromatic carbocycles. The number of hydrogen-bond acceptors (Lipinski definition) is 3. The summed E-state index contributed by atoms with van der Waals surface area (Å²) in [5.41, 5.74) is 0.882. The van der Waals surface area contributed by atoms with Gasteiger partial charge in [0.05, 0.1) is 14.2 Å². The maximum atomic E-state index is 12.2. The molecule has 1 aliphatic carbocycles. The second-order valence-electron chi connectivity index (χ2n) is 5.51. The first-order valence-corrected chi connectivity index (χ1v) is 7.23. The Morgan fingerprint density at radius 1 is 1.24 bits per heavy atom. The predicted octanol–water partition coefficient (Wildman–Crippen LogP) is 2.97. The van der Waals surface area contributed by atoms with Gasteiger partial charge in [-0.15, -0.1) is 0 Å². The third kappa shape index (κ3) is 4.00. The van der Waals surface area contributed by atoms with E-state index >= 15 is 0 Å². The van der Waals surface area contributed by atoms with Gasteiger partial charge in [-0.05, 0) is 49.5 Å². The van der Waals surface area contributed by atoms with Gasteiger partial charge < -0.3 is 14.4 Å². The van der Waals surface area contributed by atoms with E-state index in [0.717, 1.165) is 5.56 Å². The molecule has 1 aliphatic rings. The zero-order valence-corrected chi connectivity index (χ0v) is 13.1. The van der Waals surface area contributed by atoms with Crippen LogP contribution in [-0.2, 0) is 4.79 Å². The fraction of sp³-hybridized carbons (Fsp3) is 0.471. The number of nitrogens with zero attached hydrogens (tertiary/aromatic N) is 1. The molecular formula is C17H23NO3. The molecule has 0 aliphatic heterocycles. The molecule has 1 saturated carbocycles. The van der Waals surface area contributed by atoms with Crippen LogP contribution < -0.4 is 9.47 Å². The number of benzene rings is 1. The summed E-state index contributed by atoms with van der Waals surface area (Å²) in [6, 6.07) is 5.86. The first-order valence-electron chi connectivity index (χ1n) is 7.23. The molecule has 0 spiro atoms. The molecule has 114 valence electrons. The van der Waals surface area contributed by atoms with Crippen LogP contribution in [0.2, 0.25) is 0 Å². The van der Waals surface area contributed by atoms with E-state index in [4.69, 9.17) is 9.47 Å². The molecule has 1 aromatic rings. The van der Waals surface area contributed by atoms with Crippen molar-refractivity contribution in [3.8, 4) is 11.5 Å². The maximum Gasteiger partial charge on any atom is 0.246 e. The molecule has 0 N–H and O–H groups in total. The number of likely N-dealkylation sites (N-methyl/N-ethyl adjacent to an activating group) is 1. The highest BCUT2D eigenvalue weighted by Crippen LogP contribution is 2.34. The molecule has 0 bridgehead atoms. The molecule has 0 radical (unpaired) electrons. The summed E-state index contributed by atoms with van der Waals surface area (Å²) >= 11 is 0. The van der Waals surface area contributed by atoms with Crippen LogP contribution in [0.4, 0.5) is 0 Å². The molecule has 1 atom stereocenters. The lowest BCUT2D eigenvalue weighted by Gasteiger charge is -2.23. The maximum absolute atomic E-state index is 12.2. The standard InChI is InChI=1S/C17H23NO3/c1-12(14-6-7-14)18(2)17(19)8-5-13-9-15(20-3)11-16(10-13)21-4/h5,8-12,14H,6-7H2,1-4H3/b8-5+. The SMILES string of the molecule is COc1cc(/C=C/C(=O)N(C)C(C)C2CC2)cc(OC)c1. The highest BCUT2D eigenvalue weighted by molar-refractivity contribution is 5.92. The van der Waals surface area contributed by atoms with Crippen LogP contribution in [0.3, 0.4) is 0 Å². The van der Waals surface area contributed by atoms with Gasteiger partial charge in [-0.2, -0.15) is 0 Å². The molecule has 4 heteroatoms. The fourth-order valence-electron chi connectivity index (χ4n) is 2.31. The van der Waals surface area contributed by atoms with Crippen molar-refractivity contribution >= 4 is 12.0 Å². The van der Waals surface area contributed by atoms with E-state index in [2.05, 4.69) is 6.92 Å². The Morgan fingerprint density at radius 3 is 2.29 bits per heavy atom. The second kappa shape index (κ2) is 6.66. The Kier molecular flexibility index (Phi) is 4.89. The third-order valence-corrected chi connectivity index (χ3v) is 4.05. The summed E-state index contributed by atoms with van der Waals surface area (Å²) in [6.45, 7) is 2.11. The summed E-state index contributed by atoms with van der Waals surface area (Å²) in [5, 5.41) is 0. The summed E-state index contributed by atoms with van der Waals surface area (Å²) < 4.78 is 10.4. The summed E-state index contributed by atoms with van der Waals surface area (Å²) in [6.07, 6.45) is 5.86. The minimum absolute atomic E-state index is 0.0242. The first-order chi connectivity index (χ1) is 10.0. The fourth-order valence-corrected chi connectivity index (χ4v) is 2.31. The van der Waals surface area contributed by atoms with Gasteiger partial charge in [0.25, 0.3) is 0 Å². The van der Waals surface area contributed by atoms with Crippen molar-refractivity contribution in [3.63, 3.8) is 0 Å². The molecular weight excluding hydrogens is 266 g/mol. The molecule has 0 aromatic heterocycles. The topological polar surface area (TPSA) is 38.8 Å². The van der Waals surface area contributed by atoms with Crippen LogP contribution in [0.5, 0.6) is 11.5 Å². The van der Waals surface area contributed by atoms with Crippen molar-refractivity contribution in [3.05, 3.63) is 29.8 Å². The van der Waals surface area contributed by atoms with E-state index < -0.39 is 0 Å². The Hall–Kier alpha value is -1.97. The van der Waals surface area contributed by atoms with Crippen LogP contribution in [0.25, 0.3) is 6.08 Å². The summed E-state index contributed by atoms with van der Waals surface area (Å²) in [5.74, 6) is 2.11. The zero-order chi connectivity index (χ0) is 15.4. The van der Waals surface area contributed by atoms with Crippen molar-refractivity contribution in [1.29, 1.82) is 0 Å². The summed E-state index contributed by atoms with van der Waals surface area (Å²) in [7, 11) is 5.08. The third-order valence-electron chi connectivity index (χ3n) is 4.05. The van der Waals surface area contributed by atoms with E-state index in [1.54, 1.807) is 32.4 Å². The minimum Gasteiger partial charge on any atom is -0.497 e. The minimum atomic E-state index is 0.0242. The van der Waals surface area contributed by atoms with Gasteiger partial charge in [0.1, 0.15) is 11.5 Å². The van der Waals surface area contributed by atoms with Gasteiger partial charge >= 0.3 is 0 Å². The van der Waals surface area contributed by atoms with Gasteiger partial charge in [-0.1, -0.05) is 0 Å². The lowest BCUT2D eigenvalue weighted by molar-refractivity contribution is -0.126. The van der Waals surface area contributed by atoms with Crippen LogP contribution in [0.15, 0.2) is 24.3 Å². The molecule has 21 heavy (non-hydrogen) atoms.